The van der Waals surface area contributed by atoms with E-state index >= 15 is 0 Å². The molecule has 2 aliphatic heterocycles. The van der Waals surface area contributed by atoms with E-state index in [-0.39, 0.29) is 22.8 Å². The zero-order chi connectivity index (χ0) is 21.6. The molecule has 2 atom stereocenters. The van der Waals surface area contributed by atoms with Crippen molar-refractivity contribution in [3.63, 3.8) is 0 Å². The SMILES string of the molecule is O=C(c1cccc(F)c1)N1C[C@H]2CCCN(S(=O)(=O)c3ccc4ccccc4c3)[C@H]2C1. The van der Waals surface area contributed by atoms with Gasteiger partial charge in [-0.1, -0.05) is 36.4 Å². The van der Waals surface area contributed by atoms with E-state index in [9.17, 15) is 17.6 Å². The summed E-state index contributed by atoms with van der Waals surface area (Å²) in [7, 11) is -3.69. The minimum absolute atomic E-state index is 0.0847. The second kappa shape index (κ2) is 7.73. The van der Waals surface area contributed by atoms with Crippen molar-refractivity contribution in [2.24, 2.45) is 5.92 Å². The van der Waals surface area contributed by atoms with Crippen LogP contribution in [-0.4, -0.2) is 49.2 Å². The lowest BCUT2D eigenvalue weighted by atomic mass is 9.94. The first-order valence-corrected chi connectivity index (χ1v) is 11.9. The van der Waals surface area contributed by atoms with E-state index < -0.39 is 15.8 Å². The van der Waals surface area contributed by atoms with Gasteiger partial charge in [-0.2, -0.15) is 4.31 Å². The van der Waals surface area contributed by atoms with Crippen molar-refractivity contribution in [2.45, 2.75) is 23.8 Å². The van der Waals surface area contributed by atoms with Gasteiger partial charge in [0.25, 0.3) is 5.91 Å². The van der Waals surface area contributed by atoms with Crippen LogP contribution in [0.15, 0.2) is 71.6 Å². The smallest absolute Gasteiger partial charge is 0.254 e. The number of nitrogens with zero attached hydrogens (tertiary/aromatic N) is 2. The van der Waals surface area contributed by atoms with E-state index in [2.05, 4.69) is 0 Å². The number of carbonyl (C=O) groups excluding carboxylic acids is 1. The highest BCUT2D eigenvalue weighted by atomic mass is 32.2. The molecule has 1 amide bonds. The van der Waals surface area contributed by atoms with Crippen LogP contribution in [0.2, 0.25) is 0 Å². The number of likely N-dealkylation sites (tertiary alicyclic amines) is 1. The molecule has 2 heterocycles. The molecule has 160 valence electrons. The van der Waals surface area contributed by atoms with Crippen LogP contribution in [0, 0.1) is 11.7 Å². The second-order valence-electron chi connectivity index (χ2n) is 8.31. The average Bonchev–Trinajstić information content (AvgIpc) is 3.22. The Hall–Kier alpha value is -2.77. The predicted molar refractivity (Wildman–Crippen MR) is 117 cm³/mol. The lowest BCUT2D eigenvalue weighted by Crippen LogP contribution is -2.48. The van der Waals surface area contributed by atoms with Crippen LogP contribution < -0.4 is 0 Å². The summed E-state index contributed by atoms with van der Waals surface area (Å²) in [6.07, 6.45) is 1.64. The molecular formula is C24H23FN2O3S. The normalized spacial score (nSPS) is 21.9. The third kappa shape index (κ3) is 3.62. The number of sulfonamides is 1. The van der Waals surface area contributed by atoms with Crippen molar-refractivity contribution in [2.75, 3.05) is 19.6 Å². The molecule has 0 unspecified atom stereocenters. The van der Waals surface area contributed by atoms with Gasteiger partial charge in [0.15, 0.2) is 0 Å². The van der Waals surface area contributed by atoms with Crippen LogP contribution in [0.5, 0.6) is 0 Å². The van der Waals surface area contributed by atoms with Crippen LogP contribution in [0.3, 0.4) is 0 Å². The molecule has 2 fully saturated rings. The minimum Gasteiger partial charge on any atom is -0.337 e. The molecule has 0 aromatic heterocycles. The monoisotopic (exact) mass is 438 g/mol. The first kappa shape index (κ1) is 20.2. The third-order valence-electron chi connectivity index (χ3n) is 6.42. The molecule has 2 saturated heterocycles. The van der Waals surface area contributed by atoms with Gasteiger partial charge in [-0.25, -0.2) is 12.8 Å². The number of rotatable bonds is 3. The summed E-state index contributed by atoms with van der Waals surface area (Å²) in [6, 6.07) is 18.3. The topological polar surface area (TPSA) is 57.7 Å². The highest BCUT2D eigenvalue weighted by Crippen LogP contribution is 2.35. The number of amides is 1. The molecule has 5 nitrogen and oxygen atoms in total. The van der Waals surface area contributed by atoms with Gasteiger partial charge in [0, 0.05) is 31.2 Å². The van der Waals surface area contributed by atoms with Gasteiger partial charge >= 0.3 is 0 Å². The van der Waals surface area contributed by atoms with Crippen molar-refractivity contribution in [1.82, 2.24) is 9.21 Å². The van der Waals surface area contributed by atoms with E-state index in [0.29, 0.717) is 25.2 Å². The summed E-state index contributed by atoms with van der Waals surface area (Å²) in [4.78, 5) is 14.9. The zero-order valence-electron chi connectivity index (χ0n) is 16.9. The molecule has 31 heavy (non-hydrogen) atoms. The van der Waals surface area contributed by atoms with E-state index in [1.54, 1.807) is 27.4 Å². The van der Waals surface area contributed by atoms with Gasteiger partial charge in [0.1, 0.15) is 5.82 Å². The summed E-state index contributed by atoms with van der Waals surface area (Å²) in [6.45, 7) is 1.26. The number of fused-ring (bicyclic) bond motifs is 2. The lowest BCUT2D eigenvalue weighted by Gasteiger charge is -2.35. The van der Waals surface area contributed by atoms with E-state index in [0.717, 1.165) is 23.6 Å². The Labute approximate surface area is 181 Å². The highest BCUT2D eigenvalue weighted by Gasteiger charge is 2.45. The Kier molecular flexibility index (Phi) is 5.02. The molecule has 0 aliphatic carbocycles. The number of piperidine rings is 1. The molecule has 2 aliphatic rings. The predicted octanol–water partition coefficient (Wildman–Crippen LogP) is 3.90. The minimum atomic E-state index is -3.69. The van der Waals surface area contributed by atoms with Crippen molar-refractivity contribution >= 4 is 26.7 Å². The van der Waals surface area contributed by atoms with Crippen LogP contribution in [0.1, 0.15) is 23.2 Å². The quantitative estimate of drug-likeness (QED) is 0.623. The fraction of sp³-hybridized carbons (Fsp3) is 0.292. The summed E-state index contributed by atoms with van der Waals surface area (Å²) in [5, 5.41) is 1.87. The molecule has 7 heteroatoms. The first-order valence-electron chi connectivity index (χ1n) is 10.5. The van der Waals surface area contributed by atoms with Gasteiger partial charge < -0.3 is 4.90 Å². The maximum absolute atomic E-state index is 13.6. The fourth-order valence-electron chi connectivity index (χ4n) is 4.87. The Morgan fingerprint density at radius 1 is 0.935 bits per heavy atom. The number of hydrogen-bond donors (Lipinski definition) is 0. The maximum atomic E-state index is 13.6. The molecule has 3 aromatic rings. The van der Waals surface area contributed by atoms with E-state index in [4.69, 9.17) is 0 Å². The van der Waals surface area contributed by atoms with Crippen LogP contribution in [-0.2, 0) is 10.0 Å². The van der Waals surface area contributed by atoms with Crippen molar-refractivity contribution in [3.05, 3.63) is 78.1 Å². The zero-order valence-corrected chi connectivity index (χ0v) is 17.8. The van der Waals surface area contributed by atoms with Crippen molar-refractivity contribution in [3.8, 4) is 0 Å². The van der Waals surface area contributed by atoms with Gasteiger partial charge in [0.2, 0.25) is 10.0 Å². The second-order valence-corrected chi connectivity index (χ2v) is 10.2. The Morgan fingerprint density at radius 2 is 1.74 bits per heavy atom. The fourth-order valence-corrected chi connectivity index (χ4v) is 6.62. The molecule has 0 radical (unpaired) electrons. The molecule has 0 bridgehead atoms. The third-order valence-corrected chi connectivity index (χ3v) is 8.34. The molecule has 0 N–H and O–H groups in total. The summed E-state index contributed by atoms with van der Waals surface area (Å²) < 4.78 is 42.2. The van der Waals surface area contributed by atoms with Crippen molar-refractivity contribution < 1.29 is 17.6 Å². The summed E-state index contributed by atoms with van der Waals surface area (Å²) >= 11 is 0. The number of hydrogen-bond acceptors (Lipinski definition) is 3. The number of carbonyl (C=O) groups is 1. The van der Waals surface area contributed by atoms with E-state index in [1.807, 2.05) is 30.3 Å². The first-order chi connectivity index (χ1) is 14.9. The largest absolute Gasteiger partial charge is 0.337 e. The van der Waals surface area contributed by atoms with Crippen molar-refractivity contribution in [1.29, 1.82) is 0 Å². The molecule has 5 rings (SSSR count). The number of benzene rings is 3. The van der Waals surface area contributed by atoms with Gasteiger partial charge in [-0.05, 0) is 59.9 Å². The molecule has 3 aromatic carbocycles. The van der Waals surface area contributed by atoms with Crippen LogP contribution >= 0.6 is 0 Å². The summed E-state index contributed by atoms with van der Waals surface area (Å²) in [5.41, 5.74) is 0.294. The van der Waals surface area contributed by atoms with Gasteiger partial charge in [-0.3, -0.25) is 4.79 Å². The summed E-state index contributed by atoms with van der Waals surface area (Å²) in [5.74, 6) is -0.624. The molecule has 0 saturated carbocycles. The van der Waals surface area contributed by atoms with E-state index in [1.165, 1.54) is 18.2 Å². The average molecular weight is 439 g/mol. The Morgan fingerprint density at radius 3 is 2.55 bits per heavy atom. The Bertz CT molecular complexity index is 1260. The highest BCUT2D eigenvalue weighted by molar-refractivity contribution is 7.89. The number of halogens is 1. The van der Waals surface area contributed by atoms with Crippen LogP contribution in [0.25, 0.3) is 10.8 Å². The Balaban J connectivity index is 1.43. The molecule has 0 spiro atoms. The maximum Gasteiger partial charge on any atom is 0.254 e. The van der Waals surface area contributed by atoms with Gasteiger partial charge in [-0.15, -0.1) is 0 Å². The molecular weight excluding hydrogens is 415 g/mol. The standard InChI is InChI=1S/C24H23FN2O3S/c25-21-9-3-7-19(13-21)24(28)26-15-20-8-4-12-27(23(20)16-26)31(29,30)22-11-10-17-5-1-2-6-18(17)14-22/h1-3,5-7,9-11,13-14,20,23H,4,8,12,15-16H2/t20-,23+/m1/s1. The van der Waals surface area contributed by atoms with Crippen LogP contribution in [0.4, 0.5) is 4.39 Å². The van der Waals surface area contributed by atoms with Gasteiger partial charge in [0.05, 0.1) is 4.90 Å². The lowest BCUT2D eigenvalue weighted by molar-refractivity contribution is 0.0783.